The third-order valence-electron chi connectivity index (χ3n) is 5.97. The first kappa shape index (κ1) is 23.0. The summed E-state index contributed by atoms with van der Waals surface area (Å²) in [5.74, 6) is -0.710. The molecule has 0 spiro atoms. The van der Waals surface area contributed by atoms with Crippen LogP contribution in [0.2, 0.25) is 5.15 Å². The highest BCUT2D eigenvalue weighted by atomic mass is 35.5. The molecule has 0 unspecified atom stereocenters. The maximum atomic E-state index is 13.2. The van der Waals surface area contributed by atoms with Gasteiger partial charge in [-0.15, -0.1) is 0 Å². The summed E-state index contributed by atoms with van der Waals surface area (Å²) in [6, 6.07) is 6.43. The molecule has 0 radical (unpaired) electrons. The van der Waals surface area contributed by atoms with Crippen LogP contribution in [0.4, 0.5) is 11.6 Å². The molecule has 0 saturated carbocycles. The number of anilines is 2. The van der Waals surface area contributed by atoms with Gasteiger partial charge in [0.2, 0.25) is 5.95 Å². The van der Waals surface area contributed by atoms with E-state index in [1.807, 2.05) is 24.8 Å². The zero-order chi connectivity index (χ0) is 24.1. The van der Waals surface area contributed by atoms with Crippen molar-refractivity contribution in [1.29, 1.82) is 0 Å². The lowest BCUT2D eigenvalue weighted by molar-refractivity contribution is 0.0691. The minimum absolute atomic E-state index is 0.0860. The Morgan fingerprint density at radius 3 is 2.67 bits per heavy atom. The average molecular weight is 472 g/mol. The Morgan fingerprint density at radius 1 is 1.30 bits per heavy atom. The van der Waals surface area contributed by atoms with E-state index in [-0.39, 0.29) is 22.4 Å². The zero-order valence-corrected chi connectivity index (χ0v) is 19.6. The molecule has 0 amide bonds. The number of halogens is 1. The van der Waals surface area contributed by atoms with Crippen molar-refractivity contribution in [3.8, 4) is 0 Å². The lowest BCUT2D eigenvalue weighted by Gasteiger charge is -2.24. The molecule has 174 valence electrons. The first-order valence-electron chi connectivity index (χ1n) is 10.6. The third kappa shape index (κ3) is 4.38. The molecule has 0 bridgehead atoms. The molecule has 10 heteroatoms. The summed E-state index contributed by atoms with van der Waals surface area (Å²) in [7, 11) is 1.68. The standard InChI is InChI=1S/C23H26ClN5O4/c1-12-9-14(13(2)25-16-5-6-17(24)26-19(16)21(31)32)18-15(10-12)20(30)28(4)22(27-18)29-8-7-23(3,33)11-29/h5-6,9-10,13,25,33H,7-8,11H2,1-4H3,(H,31,32)/t13-,23-/m1/s1. The Kier molecular flexibility index (Phi) is 5.79. The molecule has 4 rings (SSSR count). The summed E-state index contributed by atoms with van der Waals surface area (Å²) < 4.78 is 1.51. The van der Waals surface area contributed by atoms with Crippen LogP contribution in [-0.4, -0.2) is 49.4 Å². The lowest BCUT2D eigenvalue weighted by atomic mass is 10.0. The van der Waals surface area contributed by atoms with Gasteiger partial charge in [-0.05, 0) is 51.0 Å². The fourth-order valence-corrected chi connectivity index (χ4v) is 4.44. The quantitative estimate of drug-likeness (QED) is 0.485. The molecule has 9 nitrogen and oxygen atoms in total. The number of carbonyl (C=O) groups is 1. The van der Waals surface area contributed by atoms with E-state index in [1.54, 1.807) is 26.1 Å². The topological polar surface area (TPSA) is 121 Å². The van der Waals surface area contributed by atoms with Gasteiger partial charge in [0, 0.05) is 25.7 Å². The molecular weight excluding hydrogens is 446 g/mol. The number of hydrogen-bond acceptors (Lipinski definition) is 7. The van der Waals surface area contributed by atoms with Crippen molar-refractivity contribution < 1.29 is 15.0 Å². The second-order valence-electron chi connectivity index (χ2n) is 8.90. The monoisotopic (exact) mass is 471 g/mol. The number of nitrogens with one attached hydrogen (secondary N) is 1. The number of pyridine rings is 1. The molecule has 2 aromatic heterocycles. The first-order valence-corrected chi connectivity index (χ1v) is 11.0. The number of benzene rings is 1. The Morgan fingerprint density at radius 2 is 2.03 bits per heavy atom. The summed E-state index contributed by atoms with van der Waals surface area (Å²) in [4.78, 5) is 35.5. The molecule has 1 fully saturated rings. The average Bonchev–Trinajstić information content (AvgIpc) is 3.11. The van der Waals surface area contributed by atoms with Crippen molar-refractivity contribution in [2.75, 3.05) is 23.3 Å². The highest BCUT2D eigenvalue weighted by molar-refractivity contribution is 6.29. The number of carboxylic acid groups (broad SMARTS) is 1. The maximum absolute atomic E-state index is 13.2. The second kappa shape index (κ2) is 8.31. The predicted octanol–water partition coefficient (Wildman–Crippen LogP) is 3.12. The van der Waals surface area contributed by atoms with E-state index in [0.717, 1.165) is 11.1 Å². The molecule has 2 atom stereocenters. The number of hydrogen-bond donors (Lipinski definition) is 3. The van der Waals surface area contributed by atoms with Gasteiger partial charge in [-0.3, -0.25) is 9.36 Å². The number of fused-ring (bicyclic) bond motifs is 1. The normalized spacial score (nSPS) is 19.2. The summed E-state index contributed by atoms with van der Waals surface area (Å²) in [5, 5.41) is 23.7. The van der Waals surface area contributed by atoms with Crippen LogP contribution >= 0.6 is 11.6 Å². The molecule has 1 aromatic carbocycles. The summed E-state index contributed by atoms with van der Waals surface area (Å²) in [6.45, 7) is 6.51. The minimum atomic E-state index is -1.20. The van der Waals surface area contributed by atoms with E-state index in [0.29, 0.717) is 42.0 Å². The molecule has 1 aliphatic heterocycles. The Balaban J connectivity index is 1.82. The highest BCUT2D eigenvalue weighted by Crippen LogP contribution is 2.30. The van der Waals surface area contributed by atoms with Crippen LogP contribution in [0.15, 0.2) is 29.1 Å². The molecule has 1 saturated heterocycles. The smallest absolute Gasteiger partial charge is 0.356 e. The van der Waals surface area contributed by atoms with Crippen molar-refractivity contribution in [3.63, 3.8) is 0 Å². The summed E-state index contributed by atoms with van der Waals surface area (Å²) in [6.07, 6.45) is 0.584. The van der Waals surface area contributed by atoms with Crippen molar-refractivity contribution in [2.24, 2.45) is 7.05 Å². The largest absolute Gasteiger partial charge is 0.476 e. The van der Waals surface area contributed by atoms with E-state index in [2.05, 4.69) is 10.3 Å². The first-order chi connectivity index (χ1) is 15.5. The van der Waals surface area contributed by atoms with Crippen LogP contribution in [0.5, 0.6) is 0 Å². The SMILES string of the molecule is Cc1cc([C@@H](C)Nc2ccc(Cl)nc2C(=O)O)c2nc(N3CC[C@@](C)(O)C3)n(C)c(=O)c2c1. The van der Waals surface area contributed by atoms with Gasteiger partial charge in [-0.25, -0.2) is 14.8 Å². The molecule has 3 heterocycles. The summed E-state index contributed by atoms with van der Waals surface area (Å²) in [5.41, 5.74) is 1.27. The number of aromatic nitrogens is 3. The molecular formula is C23H26ClN5O4. The van der Waals surface area contributed by atoms with Crippen molar-refractivity contribution in [2.45, 2.75) is 38.8 Å². The number of carboxylic acids is 1. The molecule has 0 aliphatic carbocycles. The summed E-state index contributed by atoms with van der Waals surface area (Å²) >= 11 is 5.87. The van der Waals surface area contributed by atoms with Crippen molar-refractivity contribution in [3.05, 3.63) is 56.6 Å². The van der Waals surface area contributed by atoms with Crippen LogP contribution in [0.25, 0.3) is 10.9 Å². The van der Waals surface area contributed by atoms with Gasteiger partial charge >= 0.3 is 5.97 Å². The van der Waals surface area contributed by atoms with Gasteiger partial charge in [0.05, 0.1) is 28.2 Å². The molecule has 1 aliphatic rings. The van der Waals surface area contributed by atoms with Gasteiger partial charge in [0.1, 0.15) is 5.15 Å². The zero-order valence-electron chi connectivity index (χ0n) is 18.9. The number of aliphatic hydroxyl groups is 1. The lowest BCUT2D eigenvalue weighted by Crippen LogP contribution is -2.34. The van der Waals surface area contributed by atoms with E-state index >= 15 is 0 Å². The van der Waals surface area contributed by atoms with E-state index in [4.69, 9.17) is 16.6 Å². The second-order valence-corrected chi connectivity index (χ2v) is 9.28. The number of rotatable bonds is 5. The van der Waals surface area contributed by atoms with E-state index in [1.165, 1.54) is 10.6 Å². The van der Waals surface area contributed by atoms with Gasteiger partial charge in [-0.2, -0.15) is 0 Å². The van der Waals surface area contributed by atoms with Crippen LogP contribution in [0.1, 0.15) is 47.9 Å². The van der Waals surface area contributed by atoms with Gasteiger partial charge in [0.15, 0.2) is 5.69 Å². The van der Waals surface area contributed by atoms with E-state index in [9.17, 15) is 19.8 Å². The van der Waals surface area contributed by atoms with Crippen molar-refractivity contribution >= 4 is 40.1 Å². The fourth-order valence-electron chi connectivity index (χ4n) is 4.30. The number of aryl methyl sites for hydroxylation is 1. The molecule has 33 heavy (non-hydrogen) atoms. The van der Waals surface area contributed by atoms with Crippen LogP contribution in [0.3, 0.4) is 0 Å². The highest BCUT2D eigenvalue weighted by Gasteiger charge is 2.33. The van der Waals surface area contributed by atoms with Gasteiger partial charge < -0.3 is 20.4 Å². The number of aromatic carboxylic acids is 1. The van der Waals surface area contributed by atoms with Crippen molar-refractivity contribution in [1.82, 2.24) is 14.5 Å². The Bertz CT molecular complexity index is 1320. The predicted molar refractivity (Wildman–Crippen MR) is 127 cm³/mol. The van der Waals surface area contributed by atoms with Crippen LogP contribution < -0.4 is 15.8 Å². The fraction of sp³-hybridized carbons (Fsp3) is 0.391. The van der Waals surface area contributed by atoms with Gasteiger partial charge in [0.25, 0.3) is 5.56 Å². The third-order valence-corrected chi connectivity index (χ3v) is 6.18. The maximum Gasteiger partial charge on any atom is 0.356 e. The van der Waals surface area contributed by atoms with E-state index < -0.39 is 11.6 Å². The van der Waals surface area contributed by atoms with Gasteiger partial charge in [-0.1, -0.05) is 17.7 Å². The van der Waals surface area contributed by atoms with Crippen LogP contribution in [0, 0.1) is 6.92 Å². The Labute approximate surface area is 195 Å². The number of nitrogens with zero attached hydrogens (tertiary/aromatic N) is 4. The van der Waals surface area contributed by atoms with Crippen LogP contribution in [-0.2, 0) is 7.05 Å². The Hall–Kier alpha value is -3.17. The molecule has 3 aromatic rings. The number of β-amino-alcohol motifs (C(OH)–C–C–N with tert-alkyl or cyclic N) is 1. The minimum Gasteiger partial charge on any atom is -0.476 e. The molecule has 3 N–H and O–H groups in total.